The summed E-state index contributed by atoms with van der Waals surface area (Å²) in [4.78, 5) is 37.8. The van der Waals surface area contributed by atoms with E-state index in [9.17, 15) is 14.4 Å². The summed E-state index contributed by atoms with van der Waals surface area (Å²) in [6.45, 7) is 6.08. The lowest BCUT2D eigenvalue weighted by Crippen LogP contribution is -2.30. The molecule has 0 saturated carbocycles. The molecule has 1 atom stereocenters. The summed E-state index contributed by atoms with van der Waals surface area (Å²) in [6, 6.07) is 0. The highest BCUT2D eigenvalue weighted by molar-refractivity contribution is 5.71. The van der Waals surface area contributed by atoms with Gasteiger partial charge in [0.25, 0.3) is 0 Å². The van der Waals surface area contributed by atoms with Crippen LogP contribution < -0.4 is 0 Å². The Balaban J connectivity index is 4.66. The number of esters is 3. The Bertz CT molecular complexity index is 1490. The predicted molar refractivity (Wildman–Crippen MR) is 265 cm³/mol. The fourth-order valence-electron chi connectivity index (χ4n) is 5.51. The van der Waals surface area contributed by atoms with Crippen molar-refractivity contribution in [1.29, 1.82) is 0 Å². The van der Waals surface area contributed by atoms with Gasteiger partial charge in [-0.2, -0.15) is 0 Å². The second-order valence-electron chi connectivity index (χ2n) is 14.7. The maximum absolute atomic E-state index is 12.7. The molecule has 0 aliphatic heterocycles. The molecule has 0 aromatic rings. The molecule has 0 aromatic carbocycles. The molecule has 0 saturated heterocycles. The van der Waals surface area contributed by atoms with Gasteiger partial charge in [0, 0.05) is 19.3 Å². The Hall–Kier alpha value is -4.97. The van der Waals surface area contributed by atoms with E-state index in [-0.39, 0.29) is 44.0 Å². The number of hydrogen-bond donors (Lipinski definition) is 0. The van der Waals surface area contributed by atoms with Gasteiger partial charge in [-0.3, -0.25) is 14.4 Å². The third kappa shape index (κ3) is 46.1. The molecule has 0 radical (unpaired) electrons. The van der Waals surface area contributed by atoms with Gasteiger partial charge in [-0.25, -0.2) is 0 Å². The van der Waals surface area contributed by atoms with Crippen LogP contribution in [0, 0.1) is 0 Å². The zero-order valence-corrected chi connectivity index (χ0v) is 38.8. The van der Waals surface area contributed by atoms with Crippen molar-refractivity contribution in [2.24, 2.45) is 0 Å². The fraction of sp³-hybridized carbons (Fsp3) is 0.482. The Morgan fingerprint density at radius 3 is 1.18 bits per heavy atom. The predicted octanol–water partition coefficient (Wildman–Crippen LogP) is 15.5. The largest absolute Gasteiger partial charge is 0.462 e. The van der Waals surface area contributed by atoms with Gasteiger partial charge in [0.15, 0.2) is 6.10 Å². The molecule has 0 heterocycles. The van der Waals surface area contributed by atoms with E-state index in [1.165, 1.54) is 0 Å². The first-order valence-corrected chi connectivity index (χ1v) is 23.6. The van der Waals surface area contributed by atoms with Crippen LogP contribution in [0.2, 0.25) is 0 Å². The maximum atomic E-state index is 12.7. The van der Waals surface area contributed by atoms with Crippen molar-refractivity contribution in [3.8, 4) is 0 Å². The third-order valence-electron chi connectivity index (χ3n) is 8.96. The Labute approximate surface area is 378 Å². The van der Waals surface area contributed by atoms with Crippen LogP contribution in [0.3, 0.4) is 0 Å². The number of unbranched alkanes of at least 4 members (excludes halogenated alkanes) is 8. The van der Waals surface area contributed by atoms with Gasteiger partial charge in [-0.15, -0.1) is 0 Å². The summed E-state index contributed by atoms with van der Waals surface area (Å²) >= 11 is 0. The van der Waals surface area contributed by atoms with Gasteiger partial charge in [-0.05, 0) is 89.9 Å². The summed E-state index contributed by atoms with van der Waals surface area (Å²) in [5.41, 5.74) is 0. The molecule has 1 unspecified atom stereocenters. The topological polar surface area (TPSA) is 78.9 Å². The molecule has 0 aromatic heterocycles. The number of ether oxygens (including phenoxy) is 3. The number of allylic oxidation sites excluding steroid dienone is 26. The van der Waals surface area contributed by atoms with Crippen molar-refractivity contribution < 1.29 is 28.6 Å². The Kier molecular flexibility index (Phi) is 44.8. The van der Waals surface area contributed by atoms with Crippen molar-refractivity contribution in [1.82, 2.24) is 0 Å². The zero-order valence-electron chi connectivity index (χ0n) is 38.8. The summed E-state index contributed by atoms with van der Waals surface area (Å²) in [6.07, 6.45) is 70.9. The first-order valence-electron chi connectivity index (χ1n) is 23.6. The number of rotatable bonds is 39. The second-order valence-corrected chi connectivity index (χ2v) is 14.7. The van der Waals surface area contributed by atoms with Gasteiger partial charge < -0.3 is 14.2 Å². The summed E-state index contributed by atoms with van der Waals surface area (Å²) in [7, 11) is 0. The van der Waals surface area contributed by atoms with E-state index in [0.717, 1.165) is 103 Å². The molecule has 0 rings (SSSR count). The molecule has 342 valence electrons. The number of hydrogen-bond acceptors (Lipinski definition) is 6. The molecule has 6 nitrogen and oxygen atoms in total. The minimum atomic E-state index is -0.846. The summed E-state index contributed by atoms with van der Waals surface area (Å²) in [5, 5.41) is 0. The van der Waals surface area contributed by atoms with E-state index < -0.39 is 6.10 Å². The highest BCUT2D eigenvalue weighted by Crippen LogP contribution is 2.11. The first kappa shape index (κ1) is 57.0. The summed E-state index contributed by atoms with van der Waals surface area (Å²) in [5.74, 6) is -1.10. The number of carbonyl (C=O) groups is 3. The molecular weight excluding hydrogens is 769 g/mol. The summed E-state index contributed by atoms with van der Waals surface area (Å²) < 4.78 is 16.6. The first-order chi connectivity index (χ1) is 30.5. The number of carbonyl (C=O) groups excluding carboxylic acids is 3. The van der Waals surface area contributed by atoms with Crippen molar-refractivity contribution in [3.05, 3.63) is 158 Å². The lowest BCUT2D eigenvalue weighted by molar-refractivity contribution is -0.166. The van der Waals surface area contributed by atoms with Crippen LogP contribution in [0.1, 0.15) is 156 Å². The highest BCUT2D eigenvalue weighted by Gasteiger charge is 2.19. The molecule has 6 heteroatoms. The van der Waals surface area contributed by atoms with Crippen molar-refractivity contribution >= 4 is 17.9 Å². The molecule has 0 N–H and O–H groups in total. The monoisotopic (exact) mass is 851 g/mol. The van der Waals surface area contributed by atoms with E-state index in [1.807, 2.05) is 66.8 Å². The molecule has 62 heavy (non-hydrogen) atoms. The van der Waals surface area contributed by atoms with Crippen LogP contribution >= 0.6 is 0 Å². The standard InChI is InChI=1S/C56H82O6/c1-4-7-10-13-16-19-22-25-27-29-31-34-37-40-43-46-49-55(58)61-52-53(51-60-54(57)48-45-42-39-36-33-30-24-21-18-15-12-9-6-3)62-56(59)50-47-44-41-38-35-32-28-26-23-20-17-14-11-8-5-2/h7-12,14-21,23-28,31-32,34-35,40,43,53H,4-6,13,22,29-30,33,36-39,41-42,44-52H2,1-3H3/b10-7+,11-8+,12-9+,17-14+,18-15+,19-16+,23-20+,24-21+,27-25+,28-26+,34-31+,35-32+,43-40+. The molecule has 0 spiro atoms. The SMILES string of the molecule is CC/C=C/C=C/C=C/C=C/C=C/CCCCCC(=O)OC(COC(=O)CC/C=C/C/C=C/C/C=C/C/C=C/C/C=C/CC)COC(=O)CCCCCCC/C=C/C=C/C=C/CC. The third-order valence-corrected chi connectivity index (χ3v) is 8.96. The minimum Gasteiger partial charge on any atom is -0.462 e. The van der Waals surface area contributed by atoms with Crippen molar-refractivity contribution in [2.45, 2.75) is 162 Å². The van der Waals surface area contributed by atoms with Gasteiger partial charge in [0.1, 0.15) is 13.2 Å². The average molecular weight is 851 g/mol. The van der Waals surface area contributed by atoms with Gasteiger partial charge in [0.2, 0.25) is 0 Å². The van der Waals surface area contributed by atoms with Crippen LogP contribution in [-0.4, -0.2) is 37.2 Å². The molecule has 0 aliphatic rings. The molecule has 0 amide bonds. The Morgan fingerprint density at radius 1 is 0.339 bits per heavy atom. The van der Waals surface area contributed by atoms with E-state index in [1.54, 1.807) is 0 Å². The average Bonchev–Trinajstić information content (AvgIpc) is 3.27. The van der Waals surface area contributed by atoms with Crippen molar-refractivity contribution in [3.63, 3.8) is 0 Å². The highest BCUT2D eigenvalue weighted by atomic mass is 16.6. The molecule has 0 fully saturated rings. The van der Waals surface area contributed by atoms with Crippen LogP contribution in [0.15, 0.2) is 158 Å². The normalized spacial score (nSPS) is 13.5. The van der Waals surface area contributed by atoms with Crippen LogP contribution in [0.5, 0.6) is 0 Å². The zero-order chi connectivity index (χ0) is 45.1. The smallest absolute Gasteiger partial charge is 0.306 e. The van der Waals surface area contributed by atoms with Gasteiger partial charge >= 0.3 is 17.9 Å². The fourth-order valence-corrected chi connectivity index (χ4v) is 5.51. The quantitative estimate of drug-likeness (QED) is 0.0202. The minimum absolute atomic E-state index is 0.138. The van der Waals surface area contributed by atoms with E-state index in [2.05, 4.69) is 112 Å². The van der Waals surface area contributed by atoms with Gasteiger partial charge in [0.05, 0.1) is 0 Å². The van der Waals surface area contributed by atoms with Gasteiger partial charge in [-0.1, -0.05) is 204 Å². The van der Waals surface area contributed by atoms with Crippen molar-refractivity contribution in [2.75, 3.05) is 13.2 Å². The van der Waals surface area contributed by atoms with Crippen LogP contribution in [-0.2, 0) is 28.6 Å². The van der Waals surface area contributed by atoms with Crippen LogP contribution in [0.4, 0.5) is 0 Å². The lowest BCUT2D eigenvalue weighted by Gasteiger charge is -2.18. The Morgan fingerprint density at radius 2 is 0.694 bits per heavy atom. The van der Waals surface area contributed by atoms with E-state index in [4.69, 9.17) is 14.2 Å². The van der Waals surface area contributed by atoms with Crippen LogP contribution in [0.25, 0.3) is 0 Å². The molecular formula is C56H82O6. The molecule has 0 aliphatic carbocycles. The lowest BCUT2D eigenvalue weighted by atomic mass is 10.1. The van der Waals surface area contributed by atoms with E-state index in [0.29, 0.717) is 19.3 Å². The molecule has 0 bridgehead atoms. The van der Waals surface area contributed by atoms with E-state index >= 15 is 0 Å². The maximum Gasteiger partial charge on any atom is 0.306 e. The second kappa shape index (κ2) is 48.7.